The first-order chi connectivity index (χ1) is 11.7. The summed E-state index contributed by atoms with van der Waals surface area (Å²) in [5, 5.41) is 38.4. The molecule has 0 aliphatic rings. The van der Waals surface area contributed by atoms with E-state index in [9.17, 15) is 18.3 Å². The monoisotopic (exact) mass is 360 g/mol. The van der Waals surface area contributed by atoms with Crippen LogP contribution in [0, 0.1) is 34.0 Å². The average molecular weight is 360 g/mol. The van der Waals surface area contributed by atoms with Crippen molar-refractivity contribution < 1.29 is 23.1 Å². The summed E-state index contributed by atoms with van der Waals surface area (Å²) in [7, 11) is -2.69. The van der Waals surface area contributed by atoms with Gasteiger partial charge >= 0.3 is 5.97 Å². The zero-order valence-corrected chi connectivity index (χ0v) is 14.0. The van der Waals surface area contributed by atoms with Gasteiger partial charge in [0.2, 0.25) is 0 Å². The highest BCUT2D eigenvalue weighted by atomic mass is 32.2. The number of nitrogens with zero attached hydrogens (tertiary/aromatic N) is 3. The molecule has 0 heterocycles. The number of ether oxygens (including phenoxy) is 1. The number of carbonyl (C=O) groups is 1. The fourth-order valence-electron chi connectivity index (χ4n) is 1.82. The summed E-state index contributed by atoms with van der Waals surface area (Å²) in [4.78, 5) is 10.9. The Bertz CT molecular complexity index is 959. The van der Waals surface area contributed by atoms with Crippen molar-refractivity contribution in [3.63, 3.8) is 0 Å². The summed E-state index contributed by atoms with van der Waals surface area (Å²) in [5.74, 6) is -1.89. The molecular weight excluding hydrogens is 348 g/mol. The topological polar surface area (TPSA) is 164 Å². The molecule has 1 rings (SSSR count). The van der Waals surface area contributed by atoms with Crippen molar-refractivity contribution in [2.75, 3.05) is 18.2 Å². The van der Waals surface area contributed by atoms with Crippen LogP contribution in [0.2, 0.25) is 0 Å². The van der Waals surface area contributed by atoms with Crippen LogP contribution in [0.25, 0.3) is 0 Å². The smallest absolute Gasteiger partial charge is 0.339 e. The second kappa shape index (κ2) is 7.82. The predicted octanol–water partition coefficient (Wildman–Crippen LogP) is 1.42. The molecule has 1 aromatic rings. The Morgan fingerprint density at radius 3 is 2.24 bits per heavy atom. The lowest BCUT2D eigenvalue weighted by Crippen LogP contribution is -2.12. The van der Waals surface area contributed by atoms with Gasteiger partial charge in [-0.2, -0.15) is 15.8 Å². The molecule has 0 aromatic heterocycles. The van der Waals surface area contributed by atoms with Gasteiger partial charge in [-0.05, 0) is 6.07 Å². The number of carboxylic acids is 1. The second-order valence-electron chi connectivity index (χ2n) is 4.47. The first kappa shape index (κ1) is 19.5. The first-order valence-electron chi connectivity index (χ1n) is 6.65. The van der Waals surface area contributed by atoms with Gasteiger partial charge in [-0.25, -0.2) is 13.2 Å². The molecular formula is C15H12N4O5S. The van der Waals surface area contributed by atoms with E-state index in [1.54, 1.807) is 6.07 Å². The molecule has 0 spiro atoms. The summed E-state index contributed by atoms with van der Waals surface area (Å²) in [5.41, 5.74) is -1.59. The van der Waals surface area contributed by atoms with Crippen LogP contribution < -0.4 is 10.1 Å². The zero-order valence-electron chi connectivity index (χ0n) is 13.2. The highest BCUT2D eigenvalue weighted by molar-refractivity contribution is 7.91. The molecule has 25 heavy (non-hydrogen) atoms. The van der Waals surface area contributed by atoms with Crippen molar-refractivity contribution in [2.45, 2.75) is 11.8 Å². The number of nitrogens with one attached hydrogen (secondary N) is 1. The van der Waals surface area contributed by atoms with Gasteiger partial charge in [0.15, 0.2) is 15.4 Å². The van der Waals surface area contributed by atoms with Crippen LogP contribution in [0.4, 0.5) is 5.69 Å². The minimum atomic E-state index is -3.88. The molecule has 0 saturated carbocycles. The Morgan fingerprint density at radius 1 is 1.24 bits per heavy atom. The summed E-state index contributed by atoms with van der Waals surface area (Å²) < 4.78 is 29.5. The highest BCUT2D eigenvalue weighted by Crippen LogP contribution is 2.32. The SMILES string of the molecule is CCS(=O)(=O)c1cc(C(=O)O)c(OC)cc1NC(C#N)=C(C#N)C#N. The molecule has 0 bridgehead atoms. The third-order valence-electron chi connectivity index (χ3n) is 3.09. The Hall–Kier alpha value is -3.55. The number of aromatic carboxylic acids is 1. The van der Waals surface area contributed by atoms with Crippen molar-refractivity contribution in [3.8, 4) is 24.0 Å². The van der Waals surface area contributed by atoms with Crippen molar-refractivity contribution in [1.29, 1.82) is 15.8 Å². The number of methoxy groups -OCH3 is 1. The standard InChI is InChI=1S/C15H12N4O5S/c1-3-25(22,23)14-4-10(15(20)21)13(24-2)5-11(14)19-12(8-18)9(6-16)7-17/h4-5,19H,3H2,1-2H3,(H,20,21). The lowest BCUT2D eigenvalue weighted by atomic mass is 10.1. The quantitative estimate of drug-likeness (QED) is 0.713. The third-order valence-corrected chi connectivity index (χ3v) is 4.86. The van der Waals surface area contributed by atoms with Crippen LogP contribution in [0.15, 0.2) is 28.3 Å². The van der Waals surface area contributed by atoms with Crippen molar-refractivity contribution >= 4 is 21.5 Å². The highest BCUT2D eigenvalue weighted by Gasteiger charge is 2.24. The Kier molecular flexibility index (Phi) is 6.10. The number of hydrogen-bond acceptors (Lipinski definition) is 8. The molecule has 0 amide bonds. The Morgan fingerprint density at radius 2 is 1.84 bits per heavy atom. The van der Waals surface area contributed by atoms with Gasteiger partial charge in [-0.3, -0.25) is 0 Å². The average Bonchev–Trinajstić information content (AvgIpc) is 2.60. The maximum atomic E-state index is 12.3. The number of benzene rings is 1. The van der Waals surface area contributed by atoms with Crippen LogP contribution in [-0.4, -0.2) is 32.4 Å². The molecule has 10 heteroatoms. The number of nitriles is 3. The lowest BCUT2D eigenvalue weighted by molar-refractivity contribution is 0.0693. The molecule has 0 saturated heterocycles. The molecule has 1 aromatic carbocycles. The van der Waals surface area contributed by atoms with Crippen molar-refractivity contribution in [1.82, 2.24) is 0 Å². The summed E-state index contributed by atoms with van der Waals surface area (Å²) >= 11 is 0. The summed E-state index contributed by atoms with van der Waals surface area (Å²) in [6.45, 7) is 1.36. The number of rotatable bonds is 6. The number of sulfone groups is 1. The van der Waals surface area contributed by atoms with Crippen LogP contribution >= 0.6 is 0 Å². The van der Waals surface area contributed by atoms with Gasteiger partial charge in [-0.15, -0.1) is 0 Å². The minimum Gasteiger partial charge on any atom is -0.496 e. The first-order valence-corrected chi connectivity index (χ1v) is 8.30. The fraction of sp³-hybridized carbons (Fsp3) is 0.200. The van der Waals surface area contributed by atoms with Gasteiger partial charge in [-0.1, -0.05) is 6.92 Å². The van der Waals surface area contributed by atoms with E-state index in [1.165, 1.54) is 26.2 Å². The minimum absolute atomic E-state index is 0.155. The molecule has 0 atom stereocenters. The van der Waals surface area contributed by atoms with E-state index in [0.717, 1.165) is 12.1 Å². The number of carboxylic acid groups (broad SMARTS) is 1. The maximum Gasteiger partial charge on any atom is 0.339 e. The van der Waals surface area contributed by atoms with Gasteiger partial charge < -0.3 is 15.2 Å². The van der Waals surface area contributed by atoms with E-state index in [4.69, 9.17) is 20.5 Å². The zero-order chi connectivity index (χ0) is 19.2. The van der Waals surface area contributed by atoms with Gasteiger partial charge in [0, 0.05) is 6.07 Å². The Labute approximate surface area is 143 Å². The summed E-state index contributed by atoms with van der Waals surface area (Å²) in [6.07, 6.45) is 0. The van der Waals surface area contributed by atoms with E-state index in [0.29, 0.717) is 0 Å². The van der Waals surface area contributed by atoms with Crippen LogP contribution in [0.5, 0.6) is 5.75 Å². The second-order valence-corrected chi connectivity index (χ2v) is 6.71. The normalized spacial score (nSPS) is 9.88. The molecule has 0 aliphatic heterocycles. The third kappa shape index (κ3) is 4.05. The van der Waals surface area contributed by atoms with Gasteiger partial charge in [0.05, 0.1) is 23.4 Å². The fourth-order valence-corrected chi connectivity index (χ4v) is 2.88. The number of hydrogen-bond donors (Lipinski definition) is 2. The Balaban J connectivity index is 3.79. The van der Waals surface area contributed by atoms with Crippen molar-refractivity contribution in [3.05, 3.63) is 29.0 Å². The summed E-state index contributed by atoms with van der Waals surface area (Å²) in [6, 6.07) is 6.60. The van der Waals surface area contributed by atoms with E-state index < -0.39 is 32.0 Å². The van der Waals surface area contributed by atoms with Crippen molar-refractivity contribution in [2.24, 2.45) is 0 Å². The number of allylic oxidation sites excluding steroid dienone is 2. The van der Waals surface area contributed by atoms with E-state index in [1.807, 2.05) is 0 Å². The molecule has 128 valence electrons. The lowest BCUT2D eigenvalue weighted by Gasteiger charge is -2.15. The molecule has 0 aliphatic carbocycles. The molecule has 9 nitrogen and oxygen atoms in total. The van der Waals surface area contributed by atoms with Gasteiger partial charge in [0.25, 0.3) is 0 Å². The number of anilines is 1. The van der Waals surface area contributed by atoms with E-state index in [2.05, 4.69) is 5.32 Å². The van der Waals surface area contributed by atoms with Crippen LogP contribution in [0.3, 0.4) is 0 Å². The molecule has 0 unspecified atom stereocenters. The van der Waals surface area contributed by atoms with E-state index >= 15 is 0 Å². The van der Waals surface area contributed by atoms with Crippen LogP contribution in [0.1, 0.15) is 17.3 Å². The maximum absolute atomic E-state index is 12.3. The van der Waals surface area contributed by atoms with Gasteiger partial charge in [0.1, 0.15) is 35.2 Å². The van der Waals surface area contributed by atoms with Crippen LogP contribution in [-0.2, 0) is 9.84 Å². The largest absolute Gasteiger partial charge is 0.496 e. The van der Waals surface area contributed by atoms with E-state index in [-0.39, 0.29) is 22.8 Å². The molecule has 0 fully saturated rings. The predicted molar refractivity (Wildman–Crippen MR) is 85.2 cm³/mol. The molecule has 0 radical (unpaired) electrons. The molecule has 2 N–H and O–H groups in total.